The summed E-state index contributed by atoms with van der Waals surface area (Å²) in [6, 6.07) is 17.5. The lowest BCUT2D eigenvalue weighted by Gasteiger charge is -2.19. The Morgan fingerprint density at radius 1 is 1.00 bits per heavy atom. The van der Waals surface area contributed by atoms with E-state index in [9.17, 15) is 13.2 Å². The lowest BCUT2D eigenvalue weighted by molar-refractivity contribution is 0.558. The van der Waals surface area contributed by atoms with E-state index < -0.39 is 15.6 Å². The van der Waals surface area contributed by atoms with Crippen molar-refractivity contribution in [2.45, 2.75) is 11.4 Å². The maximum atomic E-state index is 13.2. The number of nitrogens with zero attached hydrogens (tertiary/aromatic N) is 1. The van der Waals surface area contributed by atoms with Crippen molar-refractivity contribution in [3.8, 4) is 0 Å². The Bertz CT molecular complexity index is 1400. The van der Waals surface area contributed by atoms with E-state index in [1.807, 2.05) is 30.3 Å². The Labute approximate surface area is 163 Å². The maximum Gasteiger partial charge on any atom is 0.336 e. The van der Waals surface area contributed by atoms with E-state index in [1.54, 1.807) is 24.3 Å². The largest absolute Gasteiger partial charge is 0.423 e. The summed E-state index contributed by atoms with van der Waals surface area (Å²) in [5.41, 5.74) is 1.13. The molecule has 3 aromatic carbocycles. The van der Waals surface area contributed by atoms with Gasteiger partial charge in [-0.2, -0.15) is 0 Å². The number of hydrogen-bond donors (Lipinski definition) is 0. The fourth-order valence-electron chi connectivity index (χ4n) is 3.62. The molecule has 0 fully saturated rings. The maximum absolute atomic E-state index is 13.2. The van der Waals surface area contributed by atoms with Gasteiger partial charge in [0, 0.05) is 21.3 Å². The van der Waals surface area contributed by atoms with Crippen LogP contribution in [0, 0.1) is 0 Å². The van der Waals surface area contributed by atoms with Gasteiger partial charge in [-0.05, 0) is 41.3 Å². The van der Waals surface area contributed by atoms with Crippen LogP contribution in [0.2, 0.25) is 0 Å². The quantitative estimate of drug-likeness (QED) is 0.431. The Hall–Kier alpha value is -2.64. The van der Waals surface area contributed by atoms with Crippen LogP contribution in [-0.4, -0.2) is 8.42 Å². The van der Waals surface area contributed by atoms with Gasteiger partial charge in [-0.25, -0.2) is 13.2 Å². The summed E-state index contributed by atoms with van der Waals surface area (Å²) in [5.74, 6) is 0. The van der Waals surface area contributed by atoms with Gasteiger partial charge in [0.25, 0.3) is 10.0 Å². The highest BCUT2D eigenvalue weighted by molar-refractivity contribution is 9.10. The standard InChI is InChI=1S/C20H12BrNO4S/c21-14-7-8-15-13(9-19(23)26-17(15)10-14)11-22-16-5-1-3-12-4-2-6-18(20(12)16)27(22,24)25/h1-10H,11H2. The minimum absolute atomic E-state index is 0.0554. The van der Waals surface area contributed by atoms with E-state index in [0.29, 0.717) is 27.1 Å². The molecule has 1 aromatic heterocycles. The van der Waals surface area contributed by atoms with Crippen molar-refractivity contribution in [1.82, 2.24) is 0 Å². The zero-order valence-electron chi connectivity index (χ0n) is 13.8. The molecule has 0 amide bonds. The molecule has 1 aliphatic heterocycles. The van der Waals surface area contributed by atoms with Crippen LogP contribution < -0.4 is 9.93 Å². The predicted octanol–water partition coefficient (Wildman–Crippen LogP) is 4.42. The lowest BCUT2D eigenvalue weighted by Crippen LogP contribution is -2.27. The molecular weight excluding hydrogens is 430 g/mol. The van der Waals surface area contributed by atoms with Crippen LogP contribution in [0.3, 0.4) is 0 Å². The summed E-state index contributed by atoms with van der Waals surface area (Å²) >= 11 is 3.36. The molecule has 0 saturated carbocycles. The van der Waals surface area contributed by atoms with Gasteiger partial charge in [-0.3, -0.25) is 4.31 Å². The van der Waals surface area contributed by atoms with Gasteiger partial charge in [0.2, 0.25) is 0 Å². The van der Waals surface area contributed by atoms with Gasteiger partial charge < -0.3 is 4.42 Å². The summed E-state index contributed by atoms with van der Waals surface area (Å²) in [7, 11) is -3.69. The number of fused-ring (bicyclic) bond motifs is 1. The first-order valence-electron chi connectivity index (χ1n) is 8.22. The molecule has 4 aromatic rings. The molecule has 0 radical (unpaired) electrons. The molecular formula is C20H12BrNO4S. The van der Waals surface area contributed by atoms with E-state index in [4.69, 9.17) is 4.42 Å². The fourth-order valence-corrected chi connectivity index (χ4v) is 5.65. The Kier molecular flexibility index (Phi) is 3.47. The first-order valence-corrected chi connectivity index (χ1v) is 10.5. The molecule has 5 rings (SSSR count). The number of hydrogen-bond acceptors (Lipinski definition) is 4. The molecule has 27 heavy (non-hydrogen) atoms. The van der Waals surface area contributed by atoms with Crippen LogP contribution in [0.5, 0.6) is 0 Å². The highest BCUT2D eigenvalue weighted by Crippen LogP contribution is 2.43. The zero-order valence-corrected chi connectivity index (χ0v) is 16.2. The minimum Gasteiger partial charge on any atom is -0.423 e. The molecule has 5 nitrogen and oxygen atoms in total. The van der Waals surface area contributed by atoms with Crippen LogP contribution >= 0.6 is 15.9 Å². The molecule has 2 heterocycles. The molecule has 0 bridgehead atoms. The van der Waals surface area contributed by atoms with Gasteiger partial charge in [0.15, 0.2) is 0 Å². The van der Waals surface area contributed by atoms with Gasteiger partial charge >= 0.3 is 5.63 Å². The SMILES string of the molecule is O=c1cc(CN2c3cccc4cccc(c34)S2(=O)=O)c2ccc(Br)cc2o1. The van der Waals surface area contributed by atoms with Crippen molar-refractivity contribution in [2.75, 3.05) is 4.31 Å². The molecule has 134 valence electrons. The molecule has 0 saturated heterocycles. The Morgan fingerprint density at radius 3 is 2.59 bits per heavy atom. The van der Waals surface area contributed by atoms with Crippen molar-refractivity contribution >= 4 is 53.4 Å². The van der Waals surface area contributed by atoms with Crippen LogP contribution in [0.25, 0.3) is 21.7 Å². The van der Waals surface area contributed by atoms with Crippen molar-refractivity contribution in [2.24, 2.45) is 0 Å². The van der Waals surface area contributed by atoms with Crippen molar-refractivity contribution < 1.29 is 12.8 Å². The third kappa shape index (κ3) is 2.42. The van der Waals surface area contributed by atoms with Crippen molar-refractivity contribution in [3.05, 3.63) is 81.1 Å². The molecule has 0 aliphatic carbocycles. The normalized spacial score (nSPS) is 14.9. The van der Waals surface area contributed by atoms with E-state index in [-0.39, 0.29) is 6.54 Å². The summed E-state index contributed by atoms with van der Waals surface area (Å²) in [5, 5.41) is 2.29. The molecule has 0 atom stereocenters. The number of benzene rings is 3. The van der Waals surface area contributed by atoms with E-state index in [0.717, 1.165) is 15.2 Å². The third-order valence-corrected chi connectivity index (χ3v) is 7.08. The average Bonchev–Trinajstić information content (AvgIpc) is 2.85. The van der Waals surface area contributed by atoms with Gasteiger partial charge in [0.05, 0.1) is 17.1 Å². The minimum atomic E-state index is -3.69. The Balaban J connectivity index is 1.73. The van der Waals surface area contributed by atoms with E-state index in [1.165, 1.54) is 10.4 Å². The molecule has 1 aliphatic rings. The van der Waals surface area contributed by atoms with Crippen LogP contribution in [0.4, 0.5) is 5.69 Å². The fraction of sp³-hybridized carbons (Fsp3) is 0.0500. The number of halogens is 1. The highest BCUT2D eigenvalue weighted by atomic mass is 79.9. The molecule has 0 spiro atoms. The topological polar surface area (TPSA) is 67.6 Å². The van der Waals surface area contributed by atoms with Crippen molar-refractivity contribution in [1.29, 1.82) is 0 Å². The highest BCUT2D eigenvalue weighted by Gasteiger charge is 2.35. The smallest absolute Gasteiger partial charge is 0.336 e. The predicted molar refractivity (Wildman–Crippen MR) is 108 cm³/mol. The summed E-state index contributed by atoms with van der Waals surface area (Å²) in [6.07, 6.45) is 0. The van der Waals surface area contributed by atoms with Gasteiger partial charge in [-0.15, -0.1) is 0 Å². The number of anilines is 1. The van der Waals surface area contributed by atoms with Gasteiger partial charge in [0.1, 0.15) is 5.58 Å². The molecule has 0 N–H and O–H groups in total. The van der Waals surface area contributed by atoms with E-state index >= 15 is 0 Å². The van der Waals surface area contributed by atoms with Crippen LogP contribution in [-0.2, 0) is 16.6 Å². The second kappa shape index (κ2) is 5.68. The molecule has 0 unspecified atom stereocenters. The van der Waals surface area contributed by atoms with Crippen molar-refractivity contribution in [3.63, 3.8) is 0 Å². The average molecular weight is 442 g/mol. The second-order valence-electron chi connectivity index (χ2n) is 6.37. The molecule has 7 heteroatoms. The van der Waals surface area contributed by atoms with Crippen LogP contribution in [0.1, 0.15) is 5.56 Å². The van der Waals surface area contributed by atoms with Gasteiger partial charge in [-0.1, -0.05) is 40.2 Å². The lowest BCUT2D eigenvalue weighted by atomic mass is 10.1. The summed E-state index contributed by atoms with van der Waals surface area (Å²) < 4.78 is 33.7. The third-order valence-electron chi connectivity index (χ3n) is 4.79. The second-order valence-corrected chi connectivity index (χ2v) is 9.12. The number of sulfonamides is 1. The summed E-state index contributed by atoms with van der Waals surface area (Å²) in [6.45, 7) is 0.0554. The van der Waals surface area contributed by atoms with Crippen LogP contribution in [0.15, 0.2) is 79.2 Å². The Morgan fingerprint density at radius 2 is 1.78 bits per heavy atom. The first kappa shape index (κ1) is 16.5. The monoisotopic (exact) mass is 441 g/mol. The summed E-state index contributed by atoms with van der Waals surface area (Å²) in [4.78, 5) is 12.3. The number of rotatable bonds is 2. The zero-order chi connectivity index (χ0) is 18.8. The van der Waals surface area contributed by atoms with E-state index in [2.05, 4.69) is 15.9 Å². The first-order chi connectivity index (χ1) is 12.9.